The van der Waals surface area contributed by atoms with E-state index in [1.807, 2.05) is 6.07 Å². The van der Waals surface area contributed by atoms with Gasteiger partial charge < -0.3 is 9.80 Å². The zero-order chi connectivity index (χ0) is 17.3. The molecule has 0 aromatic heterocycles. The maximum atomic E-state index is 12.5. The van der Waals surface area contributed by atoms with E-state index in [2.05, 4.69) is 45.5 Å². The maximum Gasteiger partial charge on any atom is 0.246 e. The highest BCUT2D eigenvalue weighted by atomic mass is 16.2. The van der Waals surface area contributed by atoms with Crippen molar-refractivity contribution in [2.24, 2.45) is 10.9 Å². The van der Waals surface area contributed by atoms with Crippen molar-refractivity contribution in [3.8, 4) is 6.07 Å². The minimum atomic E-state index is -0.649. The van der Waals surface area contributed by atoms with Crippen LogP contribution in [0.4, 0.5) is 5.69 Å². The van der Waals surface area contributed by atoms with Gasteiger partial charge in [0.05, 0.1) is 11.6 Å². The van der Waals surface area contributed by atoms with Crippen LogP contribution in [-0.2, 0) is 4.79 Å². The molecule has 1 aromatic carbocycles. The van der Waals surface area contributed by atoms with Crippen LogP contribution in [0.2, 0.25) is 0 Å². The fourth-order valence-corrected chi connectivity index (χ4v) is 4.26. The van der Waals surface area contributed by atoms with Gasteiger partial charge in [0.1, 0.15) is 0 Å². The Morgan fingerprint density at radius 3 is 2.36 bits per heavy atom. The number of nitrogens with one attached hydrogen (secondary N) is 1. The van der Waals surface area contributed by atoms with Gasteiger partial charge in [0, 0.05) is 31.9 Å². The van der Waals surface area contributed by atoms with E-state index in [1.54, 1.807) is 0 Å². The molecule has 0 unspecified atom stereocenters. The molecule has 6 nitrogen and oxygen atoms in total. The normalized spacial score (nSPS) is 25.5. The smallest absolute Gasteiger partial charge is 0.246 e. The molecule has 1 aliphatic carbocycles. The Balaban J connectivity index is 1.50. The SMILES string of the molecule is N#C[C@@H]1C(=O)NC(N2CCN(c3ccccc3)CC2)=NC12CCCC2. The number of carbonyl (C=O) groups excluding carboxylic acids is 1. The highest BCUT2D eigenvalue weighted by Gasteiger charge is 2.49. The van der Waals surface area contributed by atoms with E-state index < -0.39 is 11.5 Å². The summed E-state index contributed by atoms with van der Waals surface area (Å²) in [5, 5.41) is 12.3. The lowest BCUT2D eigenvalue weighted by Crippen LogP contribution is -2.59. The van der Waals surface area contributed by atoms with Crippen molar-refractivity contribution < 1.29 is 4.79 Å². The molecule has 3 aliphatic rings. The van der Waals surface area contributed by atoms with Crippen LogP contribution < -0.4 is 10.2 Å². The number of rotatable bonds is 1. The molecular formula is C19H23N5O. The average Bonchev–Trinajstić information content (AvgIpc) is 3.11. The summed E-state index contributed by atoms with van der Waals surface area (Å²) in [5.74, 6) is -0.157. The lowest BCUT2D eigenvalue weighted by Gasteiger charge is -2.41. The number of nitriles is 1. The fraction of sp³-hybridized carbons (Fsp3) is 0.526. The summed E-state index contributed by atoms with van der Waals surface area (Å²) in [7, 11) is 0. The van der Waals surface area contributed by atoms with Gasteiger partial charge in [-0.25, -0.2) is 4.99 Å². The molecule has 1 N–H and O–H groups in total. The highest BCUT2D eigenvalue weighted by molar-refractivity contribution is 6.02. The Hall–Kier alpha value is -2.55. The van der Waals surface area contributed by atoms with Gasteiger partial charge in [0.25, 0.3) is 0 Å². The number of hydrogen-bond acceptors (Lipinski definition) is 5. The van der Waals surface area contributed by atoms with Gasteiger partial charge in [0.2, 0.25) is 11.9 Å². The van der Waals surface area contributed by atoms with Crippen molar-refractivity contribution in [3.05, 3.63) is 30.3 Å². The molecule has 130 valence electrons. The number of piperazine rings is 1. The summed E-state index contributed by atoms with van der Waals surface area (Å²) >= 11 is 0. The topological polar surface area (TPSA) is 71.7 Å². The lowest BCUT2D eigenvalue weighted by molar-refractivity contribution is -0.124. The number of benzene rings is 1. The van der Waals surface area contributed by atoms with Crippen LogP contribution in [-0.4, -0.2) is 48.5 Å². The summed E-state index contributed by atoms with van der Waals surface area (Å²) in [6, 6.07) is 12.6. The second-order valence-electron chi connectivity index (χ2n) is 7.11. The summed E-state index contributed by atoms with van der Waals surface area (Å²) < 4.78 is 0. The number of hydrogen-bond donors (Lipinski definition) is 1. The first-order valence-electron chi connectivity index (χ1n) is 9.07. The third-order valence-corrected chi connectivity index (χ3v) is 5.66. The van der Waals surface area contributed by atoms with E-state index in [9.17, 15) is 10.1 Å². The Bertz CT molecular complexity index is 709. The van der Waals surface area contributed by atoms with E-state index in [-0.39, 0.29) is 5.91 Å². The quantitative estimate of drug-likeness (QED) is 0.847. The molecule has 1 atom stereocenters. The number of guanidine groups is 1. The lowest BCUT2D eigenvalue weighted by atomic mass is 9.82. The Morgan fingerprint density at radius 1 is 1.08 bits per heavy atom. The Morgan fingerprint density at radius 2 is 1.72 bits per heavy atom. The van der Waals surface area contributed by atoms with Crippen molar-refractivity contribution in [2.75, 3.05) is 31.1 Å². The second kappa shape index (κ2) is 6.40. The van der Waals surface area contributed by atoms with Crippen molar-refractivity contribution in [3.63, 3.8) is 0 Å². The first kappa shape index (κ1) is 15.9. The number of nitrogens with zero attached hydrogens (tertiary/aromatic N) is 4. The van der Waals surface area contributed by atoms with Crippen LogP contribution in [0.5, 0.6) is 0 Å². The predicted octanol–water partition coefficient (Wildman–Crippen LogP) is 1.75. The number of aliphatic imine (C=N–C) groups is 1. The Kier molecular flexibility index (Phi) is 4.08. The molecule has 25 heavy (non-hydrogen) atoms. The number of anilines is 1. The monoisotopic (exact) mass is 337 g/mol. The van der Waals surface area contributed by atoms with Crippen molar-refractivity contribution in [2.45, 2.75) is 31.2 Å². The molecule has 1 amide bonds. The minimum absolute atomic E-state index is 0.181. The average molecular weight is 337 g/mol. The van der Waals surface area contributed by atoms with E-state index in [0.717, 1.165) is 51.9 Å². The summed E-state index contributed by atoms with van der Waals surface area (Å²) in [6.45, 7) is 3.43. The van der Waals surface area contributed by atoms with Gasteiger partial charge in [-0.1, -0.05) is 31.0 Å². The molecular weight excluding hydrogens is 314 g/mol. The van der Waals surface area contributed by atoms with Crippen LogP contribution >= 0.6 is 0 Å². The van der Waals surface area contributed by atoms with E-state index >= 15 is 0 Å². The molecule has 2 heterocycles. The first-order valence-corrected chi connectivity index (χ1v) is 9.07. The van der Waals surface area contributed by atoms with Crippen LogP contribution in [0, 0.1) is 17.2 Å². The molecule has 1 saturated heterocycles. The number of amides is 1. The third kappa shape index (κ3) is 2.84. The second-order valence-corrected chi connectivity index (χ2v) is 7.11. The van der Waals surface area contributed by atoms with E-state index in [0.29, 0.717) is 5.96 Å². The van der Waals surface area contributed by atoms with Crippen LogP contribution in [0.1, 0.15) is 25.7 Å². The van der Waals surface area contributed by atoms with Crippen molar-refractivity contribution in [1.29, 1.82) is 5.26 Å². The van der Waals surface area contributed by atoms with Crippen molar-refractivity contribution in [1.82, 2.24) is 10.2 Å². The molecule has 2 aliphatic heterocycles. The molecule has 6 heteroatoms. The Labute approximate surface area is 148 Å². The van der Waals surface area contributed by atoms with Crippen LogP contribution in [0.25, 0.3) is 0 Å². The largest absolute Gasteiger partial charge is 0.368 e. The van der Waals surface area contributed by atoms with Gasteiger partial charge in [-0.3, -0.25) is 10.1 Å². The molecule has 1 spiro atoms. The zero-order valence-corrected chi connectivity index (χ0v) is 14.3. The molecule has 2 fully saturated rings. The minimum Gasteiger partial charge on any atom is -0.368 e. The van der Waals surface area contributed by atoms with Gasteiger partial charge in [-0.2, -0.15) is 5.26 Å². The van der Waals surface area contributed by atoms with E-state index in [1.165, 1.54) is 5.69 Å². The highest BCUT2D eigenvalue weighted by Crippen LogP contribution is 2.41. The number of para-hydroxylation sites is 1. The molecule has 0 bridgehead atoms. The van der Waals surface area contributed by atoms with Gasteiger partial charge in [-0.05, 0) is 25.0 Å². The first-order chi connectivity index (χ1) is 12.2. The predicted molar refractivity (Wildman–Crippen MR) is 96.1 cm³/mol. The third-order valence-electron chi connectivity index (χ3n) is 5.66. The van der Waals surface area contributed by atoms with Crippen LogP contribution in [0.15, 0.2) is 35.3 Å². The summed E-state index contributed by atoms with van der Waals surface area (Å²) in [6.07, 6.45) is 3.77. The summed E-state index contributed by atoms with van der Waals surface area (Å²) in [4.78, 5) is 21.9. The van der Waals surface area contributed by atoms with Crippen LogP contribution in [0.3, 0.4) is 0 Å². The van der Waals surface area contributed by atoms with Gasteiger partial charge in [0.15, 0.2) is 5.92 Å². The summed E-state index contributed by atoms with van der Waals surface area (Å²) in [5.41, 5.74) is 0.733. The molecule has 4 rings (SSSR count). The molecule has 1 saturated carbocycles. The van der Waals surface area contributed by atoms with Gasteiger partial charge in [-0.15, -0.1) is 0 Å². The molecule has 1 aromatic rings. The zero-order valence-electron chi connectivity index (χ0n) is 14.3. The van der Waals surface area contributed by atoms with E-state index in [4.69, 9.17) is 4.99 Å². The van der Waals surface area contributed by atoms with Gasteiger partial charge >= 0.3 is 0 Å². The molecule has 0 radical (unpaired) electrons. The number of carbonyl (C=O) groups is 1. The standard InChI is InChI=1S/C19H23N5O/c20-14-16-17(25)21-18(22-19(16)8-4-5-9-19)24-12-10-23(11-13-24)15-6-2-1-3-7-15/h1-3,6-7,16H,4-5,8-13H2,(H,21,22,25)/t16-/m1/s1. The van der Waals surface area contributed by atoms with Crippen molar-refractivity contribution >= 4 is 17.6 Å². The fourth-order valence-electron chi connectivity index (χ4n) is 4.26. The maximum absolute atomic E-state index is 12.5.